The van der Waals surface area contributed by atoms with Crippen LogP contribution in [-0.4, -0.2) is 32.2 Å². The molecule has 0 spiro atoms. The maximum absolute atomic E-state index is 12.5. The smallest absolute Gasteiger partial charge is 0.238 e. The Labute approximate surface area is 187 Å². The van der Waals surface area contributed by atoms with E-state index in [2.05, 4.69) is 51.1 Å². The summed E-state index contributed by atoms with van der Waals surface area (Å²) < 4.78 is 27.4. The van der Waals surface area contributed by atoms with Crippen molar-refractivity contribution < 1.29 is 13.2 Å². The maximum atomic E-state index is 12.5. The average molecular weight is 455 g/mol. The number of hydrogen-bond acceptors (Lipinski definition) is 4. The zero-order valence-electron chi connectivity index (χ0n) is 17.5. The summed E-state index contributed by atoms with van der Waals surface area (Å²) in [5, 5.41) is 6.39. The second kappa shape index (κ2) is 8.94. The molecule has 1 fully saturated rings. The highest BCUT2D eigenvalue weighted by molar-refractivity contribution is 7.90. The molecule has 3 aromatic rings. The molecule has 4 rings (SSSR count). The Balaban J connectivity index is 1.55. The number of amides is 1. The van der Waals surface area contributed by atoms with Crippen LogP contribution in [0.2, 0.25) is 0 Å². The summed E-state index contributed by atoms with van der Waals surface area (Å²) in [4.78, 5) is 12.5. The lowest BCUT2D eigenvalue weighted by molar-refractivity contribution is -0.124. The zero-order valence-corrected chi connectivity index (χ0v) is 19.2. The lowest BCUT2D eigenvalue weighted by Gasteiger charge is -2.32. The second-order valence-corrected chi connectivity index (χ2v) is 11.1. The van der Waals surface area contributed by atoms with E-state index in [1.165, 1.54) is 11.1 Å². The van der Waals surface area contributed by atoms with Gasteiger partial charge in [-0.1, -0.05) is 48.5 Å². The minimum Gasteiger partial charge on any atom is -0.355 e. The van der Waals surface area contributed by atoms with Gasteiger partial charge in [0.1, 0.15) is 6.04 Å². The van der Waals surface area contributed by atoms with E-state index in [-0.39, 0.29) is 11.8 Å². The quantitative estimate of drug-likeness (QED) is 0.580. The first-order valence-electron chi connectivity index (χ1n) is 10.4. The van der Waals surface area contributed by atoms with Gasteiger partial charge in [0.15, 0.2) is 0 Å². The predicted molar refractivity (Wildman–Crippen MR) is 127 cm³/mol. The first kappa shape index (κ1) is 21.7. The van der Waals surface area contributed by atoms with Crippen molar-refractivity contribution in [2.45, 2.75) is 37.5 Å². The number of piperidine rings is 1. The van der Waals surface area contributed by atoms with E-state index in [0.717, 1.165) is 16.7 Å². The molecule has 5 nitrogen and oxygen atoms in total. The molecule has 1 saturated heterocycles. The fourth-order valence-corrected chi connectivity index (χ4v) is 5.39. The second-order valence-electron chi connectivity index (χ2n) is 8.09. The Morgan fingerprint density at radius 3 is 2.06 bits per heavy atom. The van der Waals surface area contributed by atoms with Crippen LogP contribution >= 0.6 is 11.3 Å². The molecule has 31 heavy (non-hydrogen) atoms. The monoisotopic (exact) mass is 454 g/mol. The molecule has 2 atom stereocenters. The summed E-state index contributed by atoms with van der Waals surface area (Å²) in [6.07, 6.45) is 0.686. The standard InChI is InChI=1S/C24H26N2O3S2/c1-16(2)31(28,29)26-23-22(11-13-25-24(23)27)20-9-7-18(8-10-20)17-3-5-19(6-4-17)21-12-14-30-15-21/h3-10,12,14-16,22-23,26H,11,13H2,1-2H3,(H,25,27). The topological polar surface area (TPSA) is 75.3 Å². The van der Waals surface area contributed by atoms with E-state index in [1.54, 1.807) is 25.2 Å². The Bertz CT molecular complexity index is 1140. The molecule has 1 amide bonds. The van der Waals surface area contributed by atoms with Crippen LogP contribution in [0.4, 0.5) is 0 Å². The third-order valence-electron chi connectivity index (χ3n) is 5.76. The van der Waals surface area contributed by atoms with E-state index >= 15 is 0 Å². The fraction of sp³-hybridized carbons (Fsp3) is 0.292. The van der Waals surface area contributed by atoms with Gasteiger partial charge in [0.2, 0.25) is 15.9 Å². The summed E-state index contributed by atoms with van der Waals surface area (Å²) in [6, 6.07) is 17.8. The largest absolute Gasteiger partial charge is 0.355 e. The van der Waals surface area contributed by atoms with Crippen LogP contribution < -0.4 is 10.0 Å². The molecule has 0 radical (unpaired) electrons. The van der Waals surface area contributed by atoms with Gasteiger partial charge in [-0.15, -0.1) is 0 Å². The highest BCUT2D eigenvalue weighted by atomic mass is 32.2. The Morgan fingerprint density at radius 1 is 0.935 bits per heavy atom. The molecule has 0 aliphatic carbocycles. The molecule has 162 valence electrons. The Morgan fingerprint density at radius 2 is 1.52 bits per heavy atom. The van der Waals surface area contributed by atoms with Crippen molar-refractivity contribution >= 4 is 27.3 Å². The third kappa shape index (κ3) is 4.74. The van der Waals surface area contributed by atoms with Crippen molar-refractivity contribution in [3.8, 4) is 22.3 Å². The number of carbonyl (C=O) groups excluding carboxylic acids is 1. The minimum atomic E-state index is -3.56. The third-order valence-corrected chi connectivity index (χ3v) is 8.27. The van der Waals surface area contributed by atoms with Gasteiger partial charge in [-0.3, -0.25) is 4.79 Å². The normalized spacial score (nSPS) is 19.4. The highest BCUT2D eigenvalue weighted by Gasteiger charge is 2.36. The zero-order chi connectivity index (χ0) is 22.0. The van der Waals surface area contributed by atoms with Gasteiger partial charge < -0.3 is 5.32 Å². The molecular weight excluding hydrogens is 428 g/mol. The van der Waals surface area contributed by atoms with Gasteiger partial charge in [-0.05, 0) is 64.9 Å². The number of rotatable bonds is 6. The number of thiophene rings is 1. The van der Waals surface area contributed by atoms with Gasteiger partial charge in [0, 0.05) is 12.5 Å². The number of benzene rings is 2. The van der Waals surface area contributed by atoms with E-state index in [1.807, 2.05) is 24.3 Å². The summed E-state index contributed by atoms with van der Waals surface area (Å²) in [5.41, 5.74) is 5.57. The van der Waals surface area contributed by atoms with Gasteiger partial charge in [0.25, 0.3) is 0 Å². The van der Waals surface area contributed by atoms with Crippen LogP contribution in [0.5, 0.6) is 0 Å². The number of carbonyl (C=O) groups is 1. The number of sulfonamides is 1. The van der Waals surface area contributed by atoms with Crippen LogP contribution in [0.25, 0.3) is 22.3 Å². The fourth-order valence-electron chi connectivity index (χ4n) is 3.82. The number of nitrogens with one attached hydrogen (secondary N) is 2. The van der Waals surface area contributed by atoms with Gasteiger partial charge in [-0.2, -0.15) is 11.3 Å². The molecule has 2 aromatic carbocycles. The summed E-state index contributed by atoms with van der Waals surface area (Å²) >= 11 is 1.68. The molecule has 2 heterocycles. The molecule has 0 bridgehead atoms. The van der Waals surface area contributed by atoms with Crippen molar-refractivity contribution in [3.63, 3.8) is 0 Å². The first-order valence-corrected chi connectivity index (χ1v) is 12.9. The van der Waals surface area contributed by atoms with Crippen LogP contribution in [0, 0.1) is 0 Å². The number of hydrogen-bond donors (Lipinski definition) is 2. The SMILES string of the molecule is CC(C)S(=O)(=O)NC1C(=O)NCCC1c1ccc(-c2ccc(-c3ccsc3)cc2)cc1. The summed E-state index contributed by atoms with van der Waals surface area (Å²) in [5.74, 6) is -0.467. The van der Waals surface area contributed by atoms with E-state index in [4.69, 9.17) is 0 Å². The van der Waals surface area contributed by atoms with Crippen LogP contribution in [-0.2, 0) is 14.8 Å². The minimum absolute atomic E-state index is 0.197. The van der Waals surface area contributed by atoms with Crippen molar-refractivity contribution in [2.24, 2.45) is 0 Å². The lowest BCUT2D eigenvalue weighted by Crippen LogP contribution is -2.55. The molecular formula is C24H26N2O3S2. The van der Waals surface area contributed by atoms with Crippen molar-refractivity contribution in [1.82, 2.24) is 10.0 Å². The molecule has 2 N–H and O–H groups in total. The van der Waals surface area contributed by atoms with Crippen molar-refractivity contribution in [1.29, 1.82) is 0 Å². The summed E-state index contributed by atoms with van der Waals surface area (Å²) in [7, 11) is -3.56. The van der Waals surface area contributed by atoms with Crippen molar-refractivity contribution in [3.05, 3.63) is 70.9 Å². The van der Waals surface area contributed by atoms with Crippen LogP contribution in [0.15, 0.2) is 65.4 Å². The predicted octanol–water partition coefficient (Wildman–Crippen LogP) is 4.38. The van der Waals surface area contributed by atoms with Crippen molar-refractivity contribution in [2.75, 3.05) is 6.54 Å². The lowest BCUT2D eigenvalue weighted by atomic mass is 9.85. The molecule has 0 saturated carbocycles. The van der Waals surface area contributed by atoms with Gasteiger partial charge in [-0.25, -0.2) is 13.1 Å². The Kier molecular flexibility index (Phi) is 6.27. The van der Waals surface area contributed by atoms with Crippen LogP contribution in [0.3, 0.4) is 0 Å². The van der Waals surface area contributed by atoms with E-state index < -0.39 is 21.3 Å². The van der Waals surface area contributed by atoms with E-state index in [0.29, 0.717) is 13.0 Å². The summed E-state index contributed by atoms with van der Waals surface area (Å²) in [6.45, 7) is 3.75. The molecule has 1 aliphatic rings. The van der Waals surface area contributed by atoms with Gasteiger partial charge in [0.05, 0.1) is 5.25 Å². The highest BCUT2D eigenvalue weighted by Crippen LogP contribution is 2.30. The molecule has 1 aromatic heterocycles. The molecule has 2 unspecified atom stereocenters. The van der Waals surface area contributed by atoms with Crippen LogP contribution in [0.1, 0.15) is 31.7 Å². The maximum Gasteiger partial charge on any atom is 0.238 e. The van der Waals surface area contributed by atoms with Gasteiger partial charge >= 0.3 is 0 Å². The Hall–Kier alpha value is -2.48. The molecule has 1 aliphatic heterocycles. The van der Waals surface area contributed by atoms with E-state index in [9.17, 15) is 13.2 Å². The average Bonchev–Trinajstić information content (AvgIpc) is 3.30. The first-order chi connectivity index (χ1) is 14.8. The molecule has 7 heteroatoms.